The zero-order chi connectivity index (χ0) is 11.5. The van der Waals surface area contributed by atoms with E-state index in [2.05, 4.69) is 30.6 Å². The van der Waals surface area contributed by atoms with Gasteiger partial charge in [0.2, 0.25) is 0 Å². The summed E-state index contributed by atoms with van der Waals surface area (Å²) in [6, 6.07) is 2.03. The third kappa shape index (κ3) is 8.00. The summed E-state index contributed by atoms with van der Waals surface area (Å²) in [5, 5.41) is 8.32. The minimum atomic E-state index is -0.0751. The largest absolute Gasteiger partial charge is 0.365 e. The third-order valence-electron chi connectivity index (χ3n) is 2.08. The first-order valence-corrected chi connectivity index (χ1v) is 5.43. The Morgan fingerprint density at radius 2 is 2.00 bits per heavy atom. The van der Waals surface area contributed by atoms with Crippen molar-refractivity contribution >= 4 is 0 Å². The highest BCUT2D eigenvalue weighted by atomic mass is 16.5. The van der Waals surface area contributed by atoms with E-state index in [-0.39, 0.29) is 6.10 Å². The molecule has 3 heteroatoms. The van der Waals surface area contributed by atoms with Crippen molar-refractivity contribution in [2.45, 2.75) is 33.3 Å². The number of nitrogens with zero attached hydrogens (tertiary/aromatic N) is 2. The lowest BCUT2D eigenvalue weighted by molar-refractivity contribution is 0.108. The number of ether oxygens (including phenoxy) is 1. The van der Waals surface area contributed by atoms with Crippen molar-refractivity contribution in [1.82, 2.24) is 4.90 Å². The van der Waals surface area contributed by atoms with E-state index in [1.54, 1.807) is 0 Å². The molecule has 0 heterocycles. The van der Waals surface area contributed by atoms with Crippen LogP contribution in [0.2, 0.25) is 0 Å². The Hall–Kier alpha value is -1.03. The average molecular weight is 208 g/mol. The van der Waals surface area contributed by atoms with Crippen LogP contribution in [0, 0.1) is 23.2 Å². The summed E-state index contributed by atoms with van der Waals surface area (Å²) in [6.45, 7) is 9.46. The summed E-state index contributed by atoms with van der Waals surface area (Å²) < 4.78 is 5.32. The fourth-order valence-corrected chi connectivity index (χ4v) is 1.07. The normalized spacial score (nSPS) is 11.7. The van der Waals surface area contributed by atoms with Gasteiger partial charge in [-0.1, -0.05) is 25.7 Å². The lowest BCUT2D eigenvalue weighted by Gasteiger charge is -2.13. The molecule has 3 nitrogen and oxygen atoms in total. The van der Waals surface area contributed by atoms with Crippen molar-refractivity contribution in [3.8, 4) is 17.9 Å². The molecule has 0 rings (SSSR count). The van der Waals surface area contributed by atoms with Gasteiger partial charge >= 0.3 is 0 Å². The summed E-state index contributed by atoms with van der Waals surface area (Å²) in [4.78, 5) is 2.25. The quantitative estimate of drug-likeness (QED) is 0.492. The van der Waals surface area contributed by atoms with Gasteiger partial charge in [0.25, 0.3) is 0 Å². The van der Waals surface area contributed by atoms with Crippen molar-refractivity contribution in [2.75, 3.05) is 26.2 Å². The second-order valence-corrected chi connectivity index (χ2v) is 3.20. The molecule has 15 heavy (non-hydrogen) atoms. The molecule has 0 aromatic heterocycles. The third-order valence-corrected chi connectivity index (χ3v) is 2.08. The molecule has 0 radical (unpaired) electrons. The van der Waals surface area contributed by atoms with Crippen LogP contribution in [0.3, 0.4) is 0 Å². The zero-order valence-electron chi connectivity index (χ0n) is 9.92. The Balaban J connectivity index is 3.70. The Kier molecular flexibility index (Phi) is 8.87. The molecule has 0 amide bonds. The maximum atomic E-state index is 8.32. The summed E-state index contributed by atoms with van der Waals surface area (Å²) >= 11 is 0. The Bertz CT molecular complexity index is 243. The van der Waals surface area contributed by atoms with Crippen molar-refractivity contribution in [3.63, 3.8) is 0 Å². The molecule has 0 spiro atoms. The maximum Gasteiger partial charge on any atom is 0.115 e. The van der Waals surface area contributed by atoms with Crippen molar-refractivity contribution in [3.05, 3.63) is 0 Å². The summed E-state index contributed by atoms with van der Waals surface area (Å²) in [5.41, 5.74) is 0. The van der Waals surface area contributed by atoms with Gasteiger partial charge in [-0.05, 0) is 20.0 Å². The lowest BCUT2D eigenvalue weighted by Crippen LogP contribution is -2.23. The molecule has 1 unspecified atom stereocenters. The second kappa shape index (κ2) is 9.52. The van der Waals surface area contributed by atoms with Crippen LogP contribution in [0.5, 0.6) is 0 Å². The molecule has 0 aliphatic heterocycles. The summed E-state index contributed by atoms with van der Waals surface area (Å²) in [5.74, 6) is 6.10. The van der Waals surface area contributed by atoms with Gasteiger partial charge in [-0.25, -0.2) is 0 Å². The molecular weight excluding hydrogens is 188 g/mol. The predicted molar refractivity (Wildman–Crippen MR) is 61.2 cm³/mol. The molecule has 0 saturated carbocycles. The van der Waals surface area contributed by atoms with E-state index in [0.29, 0.717) is 13.0 Å². The first-order valence-electron chi connectivity index (χ1n) is 5.43. The van der Waals surface area contributed by atoms with E-state index >= 15 is 0 Å². The van der Waals surface area contributed by atoms with Crippen LogP contribution in [0.25, 0.3) is 0 Å². The molecule has 0 saturated heterocycles. The van der Waals surface area contributed by atoms with Crippen LogP contribution in [0.1, 0.15) is 27.2 Å². The van der Waals surface area contributed by atoms with Gasteiger partial charge in [-0.2, -0.15) is 5.26 Å². The molecular formula is C12H20N2O. The van der Waals surface area contributed by atoms with Gasteiger partial charge in [-0.15, -0.1) is 0 Å². The molecule has 0 aromatic carbocycles. The second-order valence-electron chi connectivity index (χ2n) is 3.20. The zero-order valence-corrected chi connectivity index (χ0v) is 9.92. The first kappa shape index (κ1) is 14.0. The number of hydrogen-bond acceptors (Lipinski definition) is 3. The van der Waals surface area contributed by atoms with Gasteiger partial charge in [0.15, 0.2) is 0 Å². The minimum absolute atomic E-state index is 0.0751. The smallest absolute Gasteiger partial charge is 0.115 e. The fourth-order valence-electron chi connectivity index (χ4n) is 1.07. The molecule has 0 aliphatic carbocycles. The highest BCUT2D eigenvalue weighted by Crippen LogP contribution is 1.90. The lowest BCUT2D eigenvalue weighted by atomic mass is 10.4. The van der Waals surface area contributed by atoms with E-state index in [1.165, 1.54) is 0 Å². The van der Waals surface area contributed by atoms with E-state index in [4.69, 9.17) is 10.00 Å². The first-order chi connectivity index (χ1) is 7.24. The van der Waals surface area contributed by atoms with Gasteiger partial charge in [0.1, 0.15) is 6.10 Å². The summed E-state index contributed by atoms with van der Waals surface area (Å²) in [7, 11) is 0. The maximum absolute atomic E-state index is 8.32. The minimum Gasteiger partial charge on any atom is -0.365 e. The topological polar surface area (TPSA) is 36.3 Å². The Labute approximate surface area is 93.0 Å². The van der Waals surface area contributed by atoms with Crippen molar-refractivity contribution < 1.29 is 4.74 Å². The molecule has 0 aromatic rings. The van der Waals surface area contributed by atoms with Crippen LogP contribution < -0.4 is 0 Å². The number of rotatable bonds is 6. The predicted octanol–water partition coefficient (Wildman–Crippen LogP) is 1.65. The number of hydrogen-bond donors (Lipinski definition) is 0. The van der Waals surface area contributed by atoms with Crippen LogP contribution in [-0.4, -0.2) is 37.2 Å². The van der Waals surface area contributed by atoms with Crippen LogP contribution in [0.15, 0.2) is 0 Å². The SMILES string of the molecule is CCN(CC)CC#CC(C)OCCC#N. The molecule has 84 valence electrons. The highest BCUT2D eigenvalue weighted by Gasteiger charge is 1.96. The van der Waals surface area contributed by atoms with Crippen LogP contribution in [0.4, 0.5) is 0 Å². The van der Waals surface area contributed by atoms with Gasteiger partial charge in [0.05, 0.1) is 25.6 Å². The van der Waals surface area contributed by atoms with E-state index in [0.717, 1.165) is 19.6 Å². The molecule has 0 aliphatic rings. The van der Waals surface area contributed by atoms with E-state index < -0.39 is 0 Å². The summed E-state index contributed by atoms with van der Waals surface area (Å²) in [6.07, 6.45) is 0.358. The van der Waals surface area contributed by atoms with Gasteiger partial charge < -0.3 is 4.74 Å². The molecule has 0 N–H and O–H groups in total. The average Bonchev–Trinajstić information content (AvgIpc) is 2.25. The Morgan fingerprint density at radius 3 is 2.53 bits per heavy atom. The van der Waals surface area contributed by atoms with Crippen molar-refractivity contribution in [2.24, 2.45) is 0 Å². The van der Waals surface area contributed by atoms with Crippen LogP contribution >= 0.6 is 0 Å². The number of nitriles is 1. The molecule has 1 atom stereocenters. The van der Waals surface area contributed by atoms with Crippen LogP contribution in [-0.2, 0) is 4.74 Å². The fraction of sp³-hybridized carbons (Fsp3) is 0.750. The van der Waals surface area contributed by atoms with E-state index in [1.807, 2.05) is 13.0 Å². The van der Waals surface area contributed by atoms with Gasteiger partial charge in [-0.3, -0.25) is 4.90 Å². The van der Waals surface area contributed by atoms with E-state index in [9.17, 15) is 0 Å². The highest BCUT2D eigenvalue weighted by molar-refractivity contribution is 5.05. The van der Waals surface area contributed by atoms with Gasteiger partial charge in [0, 0.05) is 0 Å². The molecule has 0 fully saturated rings. The monoisotopic (exact) mass is 208 g/mol. The Morgan fingerprint density at radius 1 is 1.33 bits per heavy atom. The van der Waals surface area contributed by atoms with Crippen molar-refractivity contribution in [1.29, 1.82) is 5.26 Å². The molecule has 0 bridgehead atoms. The standard InChI is InChI=1S/C12H20N2O/c1-4-14(5-2)10-6-8-12(3)15-11-7-9-13/h12H,4-5,7,10-11H2,1-3H3.